The van der Waals surface area contributed by atoms with E-state index in [0.29, 0.717) is 48.9 Å². The van der Waals surface area contributed by atoms with Gasteiger partial charge in [0, 0.05) is 32.9 Å². The van der Waals surface area contributed by atoms with Gasteiger partial charge in [0.15, 0.2) is 11.0 Å². The van der Waals surface area contributed by atoms with E-state index in [9.17, 15) is 4.79 Å². The number of thioether (sulfide) groups is 1. The van der Waals surface area contributed by atoms with E-state index < -0.39 is 0 Å². The number of amides is 1. The summed E-state index contributed by atoms with van der Waals surface area (Å²) in [4.78, 5) is 12.3. The zero-order valence-electron chi connectivity index (χ0n) is 14.8. The van der Waals surface area contributed by atoms with Crippen molar-refractivity contribution in [1.29, 1.82) is 0 Å². The standard InChI is InChI=1S/C19H14Cl4N4OS/c1-2-5-27-18(15-4-3-11(20)9-16(15)23)25-26-19(27)29-10-17(28)24-14-7-12(21)6-13(22)8-14/h2-4,6-9H,1,5,10H2,(H,24,28). The maximum atomic E-state index is 12.3. The third-order valence-corrected chi connectivity index (χ3v) is 5.63. The molecular formula is C19H14Cl4N4OS. The number of allylic oxidation sites excluding steroid dienone is 1. The number of nitrogens with one attached hydrogen (secondary N) is 1. The van der Waals surface area contributed by atoms with Gasteiger partial charge in [0.1, 0.15) is 0 Å². The highest BCUT2D eigenvalue weighted by atomic mass is 35.5. The van der Waals surface area contributed by atoms with Crippen LogP contribution in [0.25, 0.3) is 11.4 Å². The zero-order valence-corrected chi connectivity index (χ0v) is 18.7. The molecule has 0 spiro atoms. The second-order valence-corrected chi connectivity index (χ2v) is 8.48. The molecule has 1 amide bonds. The normalized spacial score (nSPS) is 10.8. The molecule has 0 bridgehead atoms. The van der Waals surface area contributed by atoms with Crippen molar-refractivity contribution in [2.24, 2.45) is 0 Å². The van der Waals surface area contributed by atoms with E-state index in [-0.39, 0.29) is 11.7 Å². The minimum absolute atomic E-state index is 0.119. The Kier molecular flexibility index (Phi) is 7.49. The lowest BCUT2D eigenvalue weighted by molar-refractivity contribution is -0.113. The fourth-order valence-electron chi connectivity index (χ4n) is 2.51. The van der Waals surface area contributed by atoms with E-state index in [2.05, 4.69) is 22.1 Å². The van der Waals surface area contributed by atoms with Crippen LogP contribution >= 0.6 is 58.2 Å². The fraction of sp³-hybridized carbons (Fsp3) is 0.105. The van der Waals surface area contributed by atoms with Gasteiger partial charge in [0.25, 0.3) is 0 Å². The van der Waals surface area contributed by atoms with Crippen LogP contribution in [0.4, 0.5) is 5.69 Å². The highest BCUT2D eigenvalue weighted by Gasteiger charge is 2.17. The topological polar surface area (TPSA) is 59.8 Å². The number of carbonyl (C=O) groups excluding carboxylic acids is 1. The van der Waals surface area contributed by atoms with Crippen molar-refractivity contribution in [2.75, 3.05) is 11.1 Å². The van der Waals surface area contributed by atoms with Gasteiger partial charge in [-0.1, -0.05) is 64.2 Å². The van der Waals surface area contributed by atoms with Crippen molar-refractivity contribution in [1.82, 2.24) is 14.8 Å². The lowest BCUT2D eigenvalue weighted by atomic mass is 10.2. The molecule has 2 aromatic carbocycles. The molecule has 0 atom stereocenters. The molecule has 1 N–H and O–H groups in total. The molecule has 3 rings (SSSR count). The van der Waals surface area contributed by atoms with Crippen LogP contribution in [0.15, 0.2) is 54.2 Å². The number of halogens is 4. The molecule has 0 aliphatic carbocycles. The maximum Gasteiger partial charge on any atom is 0.234 e. The SMILES string of the molecule is C=CCn1c(SCC(=O)Nc2cc(Cl)cc(Cl)c2)nnc1-c1ccc(Cl)cc1Cl. The molecule has 0 unspecified atom stereocenters. The molecule has 10 heteroatoms. The van der Waals surface area contributed by atoms with Gasteiger partial charge in [0.05, 0.1) is 10.8 Å². The van der Waals surface area contributed by atoms with Crippen LogP contribution in [0.1, 0.15) is 0 Å². The fourth-order valence-corrected chi connectivity index (χ4v) is 4.28. The van der Waals surface area contributed by atoms with E-state index >= 15 is 0 Å². The summed E-state index contributed by atoms with van der Waals surface area (Å²) in [6.45, 7) is 4.23. The third-order valence-electron chi connectivity index (χ3n) is 3.68. The Balaban J connectivity index is 1.76. The molecule has 0 fully saturated rings. The smallest absolute Gasteiger partial charge is 0.234 e. The number of nitrogens with zero attached hydrogens (tertiary/aromatic N) is 3. The number of aromatic nitrogens is 3. The average molecular weight is 488 g/mol. The van der Waals surface area contributed by atoms with Crippen LogP contribution < -0.4 is 5.32 Å². The molecule has 0 aliphatic heterocycles. The number of hydrogen-bond donors (Lipinski definition) is 1. The van der Waals surface area contributed by atoms with Gasteiger partial charge in [-0.05, 0) is 36.4 Å². The van der Waals surface area contributed by atoms with E-state index in [0.717, 1.165) is 0 Å². The van der Waals surface area contributed by atoms with Gasteiger partial charge >= 0.3 is 0 Å². The monoisotopic (exact) mass is 486 g/mol. The van der Waals surface area contributed by atoms with Gasteiger partial charge in [-0.15, -0.1) is 16.8 Å². The molecule has 1 heterocycles. The quantitative estimate of drug-likeness (QED) is 0.306. The highest BCUT2D eigenvalue weighted by molar-refractivity contribution is 7.99. The molecule has 5 nitrogen and oxygen atoms in total. The Labute approximate surface area is 192 Å². The van der Waals surface area contributed by atoms with Gasteiger partial charge in [-0.25, -0.2) is 0 Å². The second kappa shape index (κ2) is 9.87. The maximum absolute atomic E-state index is 12.3. The lowest BCUT2D eigenvalue weighted by Gasteiger charge is -2.09. The van der Waals surface area contributed by atoms with Crippen LogP contribution in [0, 0.1) is 0 Å². The minimum atomic E-state index is -0.229. The first-order valence-corrected chi connectivity index (χ1v) is 10.8. The van der Waals surface area contributed by atoms with Crippen molar-refractivity contribution in [3.8, 4) is 11.4 Å². The van der Waals surface area contributed by atoms with E-state index in [1.807, 2.05) is 4.57 Å². The van der Waals surface area contributed by atoms with Gasteiger partial charge < -0.3 is 5.32 Å². The number of rotatable bonds is 7. The van der Waals surface area contributed by atoms with Crippen molar-refractivity contribution in [3.05, 3.63) is 69.1 Å². The van der Waals surface area contributed by atoms with Gasteiger partial charge in [-0.3, -0.25) is 9.36 Å². The first-order valence-electron chi connectivity index (χ1n) is 8.25. The summed E-state index contributed by atoms with van der Waals surface area (Å²) in [5.41, 5.74) is 1.21. The molecule has 150 valence electrons. The Hall–Kier alpha value is -1.70. The Morgan fingerprint density at radius 1 is 1.07 bits per heavy atom. The first-order chi connectivity index (χ1) is 13.9. The molecule has 0 aliphatic rings. The average Bonchev–Trinajstić information content (AvgIpc) is 3.02. The van der Waals surface area contributed by atoms with Gasteiger partial charge in [0.2, 0.25) is 5.91 Å². The minimum Gasteiger partial charge on any atom is -0.325 e. The lowest BCUT2D eigenvalue weighted by Crippen LogP contribution is -2.14. The number of carbonyl (C=O) groups is 1. The molecule has 0 saturated carbocycles. The molecular weight excluding hydrogens is 474 g/mol. The Morgan fingerprint density at radius 2 is 1.79 bits per heavy atom. The van der Waals surface area contributed by atoms with Crippen LogP contribution in [0.3, 0.4) is 0 Å². The molecule has 0 saturated heterocycles. The number of anilines is 1. The summed E-state index contributed by atoms with van der Waals surface area (Å²) in [5.74, 6) is 0.456. The van der Waals surface area contributed by atoms with Crippen LogP contribution in [0.5, 0.6) is 0 Å². The van der Waals surface area contributed by atoms with Crippen LogP contribution in [-0.2, 0) is 11.3 Å². The molecule has 3 aromatic rings. The van der Waals surface area contributed by atoms with Crippen molar-refractivity contribution >= 4 is 69.8 Å². The van der Waals surface area contributed by atoms with Gasteiger partial charge in [-0.2, -0.15) is 0 Å². The summed E-state index contributed by atoms with van der Waals surface area (Å²) in [6, 6.07) is 9.98. The van der Waals surface area contributed by atoms with Crippen molar-refractivity contribution in [3.63, 3.8) is 0 Å². The van der Waals surface area contributed by atoms with E-state index in [4.69, 9.17) is 46.4 Å². The summed E-state index contributed by atoms with van der Waals surface area (Å²) in [6.07, 6.45) is 1.72. The van der Waals surface area contributed by atoms with E-state index in [1.54, 1.807) is 42.5 Å². The summed E-state index contributed by atoms with van der Waals surface area (Å²) < 4.78 is 1.83. The second-order valence-electron chi connectivity index (χ2n) is 5.82. The van der Waals surface area contributed by atoms with Crippen LogP contribution in [-0.4, -0.2) is 26.4 Å². The van der Waals surface area contributed by atoms with Crippen LogP contribution in [0.2, 0.25) is 20.1 Å². The summed E-state index contributed by atoms with van der Waals surface area (Å²) in [5, 5.41) is 13.6. The predicted molar refractivity (Wildman–Crippen MR) is 121 cm³/mol. The Bertz CT molecular complexity index is 1050. The summed E-state index contributed by atoms with van der Waals surface area (Å²) in [7, 11) is 0. The van der Waals surface area contributed by atoms with Crippen molar-refractivity contribution in [2.45, 2.75) is 11.7 Å². The van der Waals surface area contributed by atoms with Crippen molar-refractivity contribution < 1.29 is 4.79 Å². The third kappa shape index (κ3) is 5.68. The highest BCUT2D eigenvalue weighted by Crippen LogP contribution is 2.31. The summed E-state index contributed by atoms with van der Waals surface area (Å²) >= 11 is 25.4. The Morgan fingerprint density at radius 3 is 2.45 bits per heavy atom. The zero-order chi connectivity index (χ0) is 21.0. The largest absolute Gasteiger partial charge is 0.325 e. The predicted octanol–water partition coefficient (Wildman–Crippen LogP) is 6.48. The molecule has 29 heavy (non-hydrogen) atoms. The van der Waals surface area contributed by atoms with E-state index in [1.165, 1.54) is 11.8 Å². The number of hydrogen-bond acceptors (Lipinski definition) is 4. The molecule has 0 radical (unpaired) electrons. The first kappa shape index (κ1) is 22.0. The molecule has 1 aromatic heterocycles. The number of benzene rings is 2.